The summed E-state index contributed by atoms with van der Waals surface area (Å²) >= 11 is 1.58. The van der Waals surface area contributed by atoms with Crippen molar-refractivity contribution in [3.63, 3.8) is 0 Å². The van der Waals surface area contributed by atoms with Gasteiger partial charge >= 0.3 is 0 Å². The van der Waals surface area contributed by atoms with E-state index >= 15 is 0 Å². The molecule has 134 valence electrons. The Morgan fingerprint density at radius 2 is 2.16 bits per heavy atom. The second-order valence-corrected chi connectivity index (χ2v) is 7.74. The van der Waals surface area contributed by atoms with Crippen LogP contribution in [0.15, 0.2) is 11.8 Å². The molecule has 3 heterocycles. The third kappa shape index (κ3) is 4.18. The Kier molecular flexibility index (Phi) is 5.37. The minimum atomic E-state index is -0.266. The molecule has 0 spiro atoms. The van der Waals surface area contributed by atoms with Crippen LogP contribution in [-0.2, 0) is 22.5 Å². The van der Waals surface area contributed by atoms with Gasteiger partial charge in [-0.1, -0.05) is 0 Å². The highest BCUT2D eigenvalue weighted by atomic mass is 32.1. The van der Waals surface area contributed by atoms with Crippen molar-refractivity contribution >= 4 is 22.4 Å². The van der Waals surface area contributed by atoms with Crippen molar-refractivity contribution in [1.29, 1.82) is 5.26 Å². The first-order chi connectivity index (χ1) is 12.0. The van der Waals surface area contributed by atoms with Gasteiger partial charge < -0.3 is 19.9 Å². The van der Waals surface area contributed by atoms with Crippen molar-refractivity contribution in [2.75, 3.05) is 32.0 Å². The van der Waals surface area contributed by atoms with Crippen LogP contribution in [0.3, 0.4) is 0 Å². The molecule has 1 amide bonds. The zero-order chi connectivity index (χ0) is 18.0. The fourth-order valence-electron chi connectivity index (χ4n) is 3.17. The van der Waals surface area contributed by atoms with Gasteiger partial charge in [-0.25, -0.2) is 4.98 Å². The fourth-order valence-corrected chi connectivity index (χ4v) is 4.23. The molecule has 1 fully saturated rings. The Labute approximate surface area is 151 Å². The number of carbonyl (C=O) groups is 1. The van der Waals surface area contributed by atoms with E-state index in [4.69, 9.17) is 4.74 Å². The number of thiazole rings is 1. The van der Waals surface area contributed by atoms with E-state index in [1.54, 1.807) is 16.2 Å². The van der Waals surface area contributed by atoms with Crippen molar-refractivity contribution in [2.45, 2.75) is 39.0 Å². The first-order valence-corrected chi connectivity index (χ1v) is 9.26. The topological polar surface area (TPSA) is 81.5 Å². The zero-order valence-corrected chi connectivity index (χ0v) is 15.6. The quantitative estimate of drug-likeness (QED) is 0.650. The first kappa shape index (κ1) is 17.9. The van der Waals surface area contributed by atoms with Crippen LogP contribution in [0, 0.1) is 11.3 Å². The lowest BCUT2D eigenvalue weighted by atomic mass is 10.2. The predicted octanol–water partition coefficient (Wildman–Crippen LogP) is 1.59. The number of amides is 1. The number of rotatable bonds is 3. The number of hydrogen-bond donors (Lipinski definition) is 1. The van der Waals surface area contributed by atoms with Gasteiger partial charge in [0.15, 0.2) is 5.13 Å². The van der Waals surface area contributed by atoms with Gasteiger partial charge in [0, 0.05) is 43.7 Å². The normalized spacial score (nSPS) is 24.6. The van der Waals surface area contributed by atoms with Gasteiger partial charge in [0.2, 0.25) is 0 Å². The lowest BCUT2D eigenvalue weighted by Crippen LogP contribution is -2.48. The van der Waals surface area contributed by atoms with E-state index in [0.717, 1.165) is 30.3 Å². The number of carbonyl (C=O) groups excluding carboxylic acids is 1. The van der Waals surface area contributed by atoms with E-state index in [-0.39, 0.29) is 23.7 Å². The van der Waals surface area contributed by atoms with Gasteiger partial charge in [-0.15, -0.1) is 11.3 Å². The molecular weight excluding hydrogens is 338 g/mol. The van der Waals surface area contributed by atoms with Crippen molar-refractivity contribution in [2.24, 2.45) is 0 Å². The molecule has 2 unspecified atom stereocenters. The number of likely N-dealkylation sites (N-methyl/N-ethyl adjacent to an activating group) is 1. The molecule has 7 nitrogen and oxygen atoms in total. The summed E-state index contributed by atoms with van der Waals surface area (Å²) in [5.74, 6) is -0.266. The molecule has 0 radical (unpaired) electrons. The number of ether oxygens (including phenoxy) is 1. The van der Waals surface area contributed by atoms with Crippen LogP contribution in [0.2, 0.25) is 0 Å². The van der Waals surface area contributed by atoms with Crippen LogP contribution in [-0.4, -0.2) is 59.6 Å². The predicted molar refractivity (Wildman–Crippen MR) is 96.1 cm³/mol. The van der Waals surface area contributed by atoms with E-state index in [2.05, 4.69) is 22.2 Å². The molecule has 2 atom stereocenters. The summed E-state index contributed by atoms with van der Waals surface area (Å²) in [6.07, 6.45) is 2.36. The standard InChI is InChI=1S/C17H23N5O2S/c1-11-8-22(9-12(2)24-11)16(23)13(6-18)7-19-17-20-14-4-5-21(3)10-15(14)25-17/h7,11-12H,4-5,8-10H2,1-3H3,(H,19,20)/b13-7-. The van der Waals surface area contributed by atoms with Gasteiger partial charge in [-0.05, 0) is 20.9 Å². The molecule has 2 aliphatic rings. The van der Waals surface area contributed by atoms with E-state index in [9.17, 15) is 10.1 Å². The van der Waals surface area contributed by atoms with Crippen LogP contribution < -0.4 is 5.32 Å². The molecule has 2 aliphatic heterocycles. The van der Waals surface area contributed by atoms with Crippen LogP contribution in [0.25, 0.3) is 0 Å². The lowest BCUT2D eigenvalue weighted by Gasteiger charge is -2.35. The second-order valence-electron chi connectivity index (χ2n) is 6.66. The molecule has 0 aromatic carbocycles. The summed E-state index contributed by atoms with van der Waals surface area (Å²) in [5, 5.41) is 13.1. The SMILES string of the molecule is CC1CN(C(=O)/C(C#N)=C\Nc2nc3c(s2)CN(C)CC3)CC(C)O1. The number of morpholine rings is 1. The average Bonchev–Trinajstić information content (AvgIpc) is 2.96. The second kappa shape index (κ2) is 7.52. The fraction of sp³-hybridized carbons (Fsp3) is 0.588. The Hall–Kier alpha value is -1.95. The van der Waals surface area contributed by atoms with E-state index in [1.165, 1.54) is 11.1 Å². The largest absolute Gasteiger partial charge is 0.372 e. The summed E-state index contributed by atoms with van der Waals surface area (Å²) in [6.45, 7) is 6.76. The van der Waals surface area contributed by atoms with E-state index in [0.29, 0.717) is 13.1 Å². The Morgan fingerprint density at radius 3 is 2.84 bits per heavy atom. The number of anilines is 1. The third-order valence-electron chi connectivity index (χ3n) is 4.32. The van der Waals surface area contributed by atoms with Crippen LogP contribution in [0.5, 0.6) is 0 Å². The molecule has 0 bridgehead atoms. The smallest absolute Gasteiger partial charge is 0.266 e. The Balaban J connectivity index is 1.69. The van der Waals surface area contributed by atoms with Gasteiger partial charge in [-0.2, -0.15) is 5.26 Å². The van der Waals surface area contributed by atoms with Gasteiger partial charge in [0.25, 0.3) is 5.91 Å². The summed E-state index contributed by atoms with van der Waals surface area (Å²) in [7, 11) is 2.09. The van der Waals surface area contributed by atoms with Crippen molar-refractivity contribution < 1.29 is 9.53 Å². The summed E-state index contributed by atoms with van der Waals surface area (Å²) in [4.78, 5) is 22.3. The average molecular weight is 361 g/mol. The monoisotopic (exact) mass is 361 g/mol. The number of aromatic nitrogens is 1. The van der Waals surface area contributed by atoms with E-state index in [1.807, 2.05) is 19.9 Å². The molecule has 0 saturated carbocycles. The molecule has 3 rings (SSSR count). The minimum absolute atomic E-state index is 0.0247. The number of nitriles is 1. The van der Waals surface area contributed by atoms with Crippen LogP contribution >= 0.6 is 11.3 Å². The molecule has 1 N–H and O–H groups in total. The summed E-state index contributed by atoms with van der Waals surface area (Å²) < 4.78 is 5.64. The van der Waals surface area contributed by atoms with Crippen LogP contribution in [0.4, 0.5) is 5.13 Å². The highest BCUT2D eigenvalue weighted by molar-refractivity contribution is 7.15. The van der Waals surface area contributed by atoms with Gasteiger partial charge in [0.05, 0.1) is 17.9 Å². The maximum Gasteiger partial charge on any atom is 0.266 e. The molecule has 25 heavy (non-hydrogen) atoms. The number of nitrogens with zero attached hydrogens (tertiary/aromatic N) is 4. The highest BCUT2D eigenvalue weighted by Gasteiger charge is 2.28. The minimum Gasteiger partial charge on any atom is -0.372 e. The molecule has 1 saturated heterocycles. The molecule has 8 heteroatoms. The highest BCUT2D eigenvalue weighted by Crippen LogP contribution is 2.27. The van der Waals surface area contributed by atoms with Crippen molar-refractivity contribution in [1.82, 2.24) is 14.8 Å². The lowest BCUT2D eigenvalue weighted by molar-refractivity contribution is -0.138. The number of fused-ring (bicyclic) bond motifs is 1. The number of nitrogens with one attached hydrogen (secondary N) is 1. The first-order valence-electron chi connectivity index (χ1n) is 8.45. The zero-order valence-electron chi connectivity index (χ0n) is 14.8. The third-order valence-corrected chi connectivity index (χ3v) is 5.33. The van der Waals surface area contributed by atoms with Gasteiger partial charge in [0.1, 0.15) is 11.6 Å². The van der Waals surface area contributed by atoms with Crippen LogP contribution in [0.1, 0.15) is 24.4 Å². The number of hydrogen-bond acceptors (Lipinski definition) is 7. The van der Waals surface area contributed by atoms with E-state index < -0.39 is 0 Å². The molecular formula is C17H23N5O2S. The molecule has 0 aliphatic carbocycles. The van der Waals surface area contributed by atoms with Crippen molar-refractivity contribution in [3.8, 4) is 6.07 Å². The Morgan fingerprint density at radius 1 is 1.44 bits per heavy atom. The van der Waals surface area contributed by atoms with Gasteiger partial charge in [-0.3, -0.25) is 4.79 Å². The molecule has 1 aromatic heterocycles. The Bertz CT molecular complexity index is 713. The summed E-state index contributed by atoms with van der Waals surface area (Å²) in [5.41, 5.74) is 1.20. The molecule has 1 aromatic rings. The maximum atomic E-state index is 12.6. The maximum absolute atomic E-state index is 12.6. The van der Waals surface area contributed by atoms with Crippen molar-refractivity contribution in [3.05, 3.63) is 22.3 Å². The summed E-state index contributed by atoms with van der Waals surface area (Å²) in [6, 6.07) is 2.00.